The van der Waals surface area contributed by atoms with Crippen molar-refractivity contribution in [2.75, 3.05) is 13.2 Å². The number of rotatable bonds is 34. The zero-order valence-electron chi connectivity index (χ0n) is 45.7. The fourth-order valence-electron chi connectivity index (χ4n) is 8.66. The number of esters is 3. The smallest absolute Gasteiger partial charge is 0.338 e. The molecule has 18 nitrogen and oxygen atoms in total. The molecule has 0 amide bonds. The predicted molar refractivity (Wildman–Crippen MR) is 294 cm³/mol. The maximum atomic E-state index is 12.7. The van der Waals surface area contributed by atoms with Crippen molar-refractivity contribution >= 4 is 17.9 Å². The van der Waals surface area contributed by atoms with Gasteiger partial charge in [0.05, 0.1) is 30.0 Å². The number of aromatic hydroxyl groups is 7. The number of benzene rings is 3. The number of carbonyl (C=O) groups is 3. The average molecular weight is 1100 g/mol. The minimum atomic E-state index is -1.06. The summed E-state index contributed by atoms with van der Waals surface area (Å²) in [5.41, 5.74) is 0.324. The fraction of sp³-hybridized carbons (Fsp3) is 0.583. The van der Waals surface area contributed by atoms with Crippen LogP contribution in [0.5, 0.6) is 46.0 Å². The van der Waals surface area contributed by atoms with E-state index in [0.717, 1.165) is 63.1 Å². The van der Waals surface area contributed by atoms with Crippen LogP contribution < -0.4 is 4.74 Å². The molecular formula is C60H88O18. The van der Waals surface area contributed by atoms with Crippen LogP contribution in [0.15, 0.2) is 55.1 Å². The second-order valence-electron chi connectivity index (χ2n) is 19.9. The first-order chi connectivity index (χ1) is 37.2. The van der Waals surface area contributed by atoms with Crippen LogP contribution in [-0.4, -0.2) is 118 Å². The number of terminal acetylenes is 1. The Bertz CT molecular complexity index is 2230. The Kier molecular flexibility index (Phi) is 33.9. The zero-order valence-corrected chi connectivity index (χ0v) is 45.7. The van der Waals surface area contributed by atoms with E-state index in [0.29, 0.717) is 18.4 Å². The van der Waals surface area contributed by atoms with Crippen molar-refractivity contribution in [2.24, 2.45) is 0 Å². The van der Waals surface area contributed by atoms with Gasteiger partial charge in [0.15, 0.2) is 34.9 Å². The van der Waals surface area contributed by atoms with E-state index in [1.54, 1.807) is 0 Å². The van der Waals surface area contributed by atoms with Crippen molar-refractivity contribution in [3.63, 3.8) is 0 Å². The first kappa shape index (κ1) is 67.7. The highest BCUT2D eigenvalue weighted by Crippen LogP contribution is 2.44. The lowest BCUT2D eigenvalue weighted by atomic mass is 9.93. The van der Waals surface area contributed by atoms with E-state index >= 15 is 0 Å². The maximum absolute atomic E-state index is 12.7. The van der Waals surface area contributed by atoms with Gasteiger partial charge in [0.1, 0.15) is 36.6 Å². The molecule has 6 atom stereocenters. The second-order valence-corrected chi connectivity index (χ2v) is 19.9. The van der Waals surface area contributed by atoms with E-state index in [1.807, 2.05) is 6.08 Å². The molecule has 1 aliphatic rings. The Morgan fingerprint density at radius 1 is 0.615 bits per heavy atom. The van der Waals surface area contributed by atoms with Gasteiger partial charge < -0.3 is 75.1 Å². The molecule has 1 heterocycles. The Balaban J connectivity index is 0.000000411. The van der Waals surface area contributed by atoms with Gasteiger partial charge in [-0.1, -0.05) is 115 Å². The minimum Gasteiger partial charge on any atom is -0.508 e. The second kappa shape index (κ2) is 39.0. The number of phenols is 7. The standard InChI is InChI=1S/C22H18O10.C19H36O4.C19H34O4/c23-11-6-14(25)12-8-19(32-22(30)10-4-16(27)20(29)17(28)5-10)21(31-18(12)7-11)9-1-2-13(24)15(26)3-9;2*1-3-4-5-6-7-8-9-10-11-12-13-14-18(21)15-19(22)16-23-17(2)20/h1-7,19,21,23-29H,8H2;3,18-19,21-22H,1,4-16H2,2H3;1,18-19,21-22H,4-16H2,2H3. The molecule has 18 heteroatoms. The van der Waals surface area contributed by atoms with Crippen molar-refractivity contribution in [2.45, 2.75) is 211 Å². The van der Waals surface area contributed by atoms with Crippen molar-refractivity contribution in [1.82, 2.24) is 0 Å². The molecule has 0 radical (unpaired) electrons. The number of hydrogen-bond donors (Lipinski definition) is 11. The summed E-state index contributed by atoms with van der Waals surface area (Å²) in [7, 11) is 0. The molecule has 4 rings (SSSR count). The highest BCUT2D eigenvalue weighted by Gasteiger charge is 2.37. The number of ether oxygens (including phenoxy) is 4. The monoisotopic (exact) mass is 1100 g/mol. The Morgan fingerprint density at radius 3 is 1.55 bits per heavy atom. The van der Waals surface area contributed by atoms with Crippen LogP contribution in [0.1, 0.15) is 196 Å². The first-order valence-electron chi connectivity index (χ1n) is 27.5. The molecule has 78 heavy (non-hydrogen) atoms. The van der Waals surface area contributed by atoms with Gasteiger partial charge in [0, 0.05) is 62.8 Å². The van der Waals surface area contributed by atoms with E-state index in [2.05, 4.69) is 12.5 Å². The molecule has 6 unspecified atom stereocenters. The maximum Gasteiger partial charge on any atom is 0.338 e. The molecule has 3 aromatic rings. The Hall–Kier alpha value is -6.39. The summed E-state index contributed by atoms with van der Waals surface area (Å²) in [6.07, 6.45) is 28.4. The third-order valence-corrected chi connectivity index (χ3v) is 12.9. The third kappa shape index (κ3) is 28.8. The summed E-state index contributed by atoms with van der Waals surface area (Å²) in [5, 5.41) is 107. The molecule has 11 N–H and O–H groups in total. The zero-order chi connectivity index (χ0) is 57.8. The summed E-state index contributed by atoms with van der Waals surface area (Å²) in [6.45, 7) is 6.28. The summed E-state index contributed by atoms with van der Waals surface area (Å²) in [6, 6.07) is 8.07. The summed E-state index contributed by atoms with van der Waals surface area (Å²) in [5.74, 6) is -2.57. The van der Waals surface area contributed by atoms with Crippen LogP contribution in [0.4, 0.5) is 0 Å². The number of aliphatic hydroxyl groups is 4. The summed E-state index contributed by atoms with van der Waals surface area (Å²) < 4.78 is 20.8. The number of hydrogen-bond acceptors (Lipinski definition) is 18. The van der Waals surface area contributed by atoms with E-state index in [4.69, 9.17) is 25.4 Å². The number of unbranched alkanes of at least 4 members (excludes halogenated alkanes) is 18. The van der Waals surface area contributed by atoms with Gasteiger partial charge in [0.25, 0.3) is 0 Å². The Morgan fingerprint density at radius 2 is 1.09 bits per heavy atom. The molecule has 0 saturated heterocycles. The lowest BCUT2D eigenvalue weighted by Crippen LogP contribution is -2.34. The largest absolute Gasteiger partial charge is 0.508 e. The van der Waals surface area contributed by atoms with Crippen LogP contribution in [0.2, 0.25) is 0 Å². The van der Waals surface area contributed by atoms with Crippen molar-refractivity contribution in [3.8, 4) is 58.3 Å². The molecule has 1 aliphatic heterocycles. The lowest BCUT2D eigenvalue weighted by molar-refractivity contribution is -0.145. The summed E-state index contributed by atoms with van der Waals surface area (Å²) >= 11 is 0. The average Bonchev–Trinajstić information content (AvgIpc) is 3.44. The van der Waals surface area contributed by atoms with Crippen LogP contribution in [-0.2, 0) is 30.2 Å². The number of fused-ring (bicyclic) bond motifs is 1. The lowest BCUT2D eigenvalue weighted by Gasteiger charge is -2.34. The molecule has 0 aromatic heterocycles. The molecule has 3 aromatic carbocycles. The van der Waals surface area contributed by atoms with Gasteiger partial charge in [-0.15, -0.1) is 18.9 Å². The van der Waals surface area contributed by atoms with Gasteiger partial charge in [-0.3, -0.25) is 9.59 Å². The van der Waals surface area contributed by atoms with E-state index < -0.39 is 77.5 Å². The predicted octanol–water partition coefficient (Wildman–Crippen LogP) is 10.3. The molecule has 0 fully saturated rings. The van der Waals surface area contributed by atoms with Crippen LogP contribution in [0, 0.1) is 12.3 Å². The van der Waals surface area contributed by atoms with Crippen molar-refractivity contribution < 1.29 is 89.5 Å². The van der Waals surface area contributed by atoms with Crippen LogP contribution in [0.25, 0.3) is 0 Å². The quantitative estimate of drug-likeness (QED) is 0.00661. The van der Waals surface area contributed by atoms with E-state index in [1.165, 1.54) is 122 Å². The molecule has 0 aliphatic carbocycles. The molecule has 436 valence electrons. The van der Waals surface area contributed by atoms with Crippen molar-refractivity contribution in [3.05, 3.63) is 71.8 Å². The number of carbonyl (C=O) groups excluding carboxylic acids is 3. The minimum absolute atomic E-state index is 0.0286. The SMILES string of the molecule is C#CCCCCCCCCCCCC(O)CC(O)COC(C)=O.C=CCCCCCCCCCCCC(O)CC(O)COC(C)=O.O=C(OC1Cc2c(O)cc(O)cc2OC1c1ccc(O)c(O)c1)c1cc(O)c(O)c(O)c1. The highest BCUT2D eigenvalue weighted by atomic mass is 16.6. The van der Waals surface area contributed by atoms with Gasteiger partial charge >= 0.3 is 17.9 Å². The normalized spacial score (nSPS) is 15.0. The van der Waals surface area contributed by atoms with Crippen molar-refractivity contribution in [1.29, 1.82) is 0 Å². The van der Waals surface area contributed by atoms with E-state index in [9.17, 15) is 70.6 Å². The van der Waals surface area contributed by atoms with Gasteiger partial charge in [0.2, 0.25) is 0 Å². The number of phenolic OH excluding ortho intramolecular Hbond substituents is 7. The topological polar surface area (TPSA) is 311 Å². The molecular weight excluding hydrogens is 1010 g/mol. The highest BCUT2D eigenvalue weighted by molar-refractivity contribution is 5.91. The first-order valence-corrected chi connectivity index (χ1v) is 27.5. The molecule has 0 spiro atoms. The van der Waals surface area contributed by atoms with Gasteiger partial charge in [-0.25, -0.2) is 4.79 Å². The summed E-state index contributed by atoms with van der Waals surface area (Å²) in [4.78, 5) is 33.9. The van der Waals surface area contributed by atoms with Crippen LogP contribution in [0.3, 0.4) is 0 Å². The fourth-order valence-corrected chi connectivity index (χ4v) is 8.66. The number of aliphatic hydroxyl groups excluding tert-OH is 4. The van der Waals surface area contributed by atoms with E-state index in [-0.39, 0.29) is 66.6 Å². The number of allylic oxidation sites excluding steroid dienone is 1. The third-order valence-electron chi connectivity index (χ3n) is 12.9. The Labute approximate surface area is 460 Å². The van der Waals surface area contributed by atoms with Gasteiger partial charge in [-0.2, -0.15) is 0 Å². The van der Waals surface area contributed by atoms with Crippen LogP contribution >= 0.6 is 0 Å². The van der Waals surface area contributed by atoms with Gasteiger partial charge in [-0.05, 0) is 56.4 Å². The molecule has 0 saturated carbocycles. The molecule has 0 bridgehead atoms.